The Hall–Kier alpha value is -2.11. The second-order valence-corrected chi connectivity index (χ2v) is 6.14. The lowest BCUT2D eigenvalue weighted by Gasteiger charge is -2.35. The Morgan fingerprint density at radius 1 is 1.14 bits per heavy atom. The van der Waals surface area contributed by atoms with E-state index in [1.165, 1.54) is 6.26 Å². The van der Waals surface area contributed by atoms with Gasteiger partial charge in [0.15, 0.2) is 12.1 Å². The highest BCUT2D eigenvalue weighted by Gasteiger charge is 2.30. The summed E-state index contributed by atoms with van der Waals surface area (Å²) in [5.74, 6) is -0.0324. The molecule has 0 bridgehead atoms. The molecule has 0 aliphatic carbocycles. The van der Waals surface area contributed by atoms with Gasteiger partial charge >= 0.3 is 0 Å². The van der Waals surface area contributed by atoms with Gasteiger partial charge in [-0.25, -0.2) is 0 Å². The smallest absolute Gasteiger partial charge is 0.291 e. The van der Waals surface area contributed by atoms with Crippen molar-refractivity contribution in [3.05, 3.63) is 54.0 Å². The molecule has 5 nitrogen and oxygen atoms in total. The van der Waals surface area contributed by atoms with Crippen molar-refractivity contribution in [2.45, 2.75) is 20.1 Å². The summed E-state index contributed by atoms with van der Waals surface area (Å²) in [5, 5.41) is 2.84. The van der Waals surface area contributed by atoms with Crippen LogP contribution >= 0.6 is 0 Å². The standard InChI is InChI=1S/C17H19NO4/c1-17(2)10-21-16(22-11-17)12-6-3-4-7-13(12)18-15(19)14-8-5-9-20-14/h3-9,16H,10-11H2,1-2H3,(H,18,19). The Bertz CT molecular complexity index is 638. The normalized spacial score (nSPS) is 18.1. The van der Waals surface area contributed by atoms with Crippen molar-refractivity contribution in [3.63, 3.8) is 0 Å². The number of benzene rings is 1. The molecule has 0 atom stereocenters. The van der Waals surface area contributed by atoms with E-state index in [1.807, 2.05) is 24.3 Å². The van der Waals surface area contributed by atoms with Gasteiger partial charge in [-0.3, -0.25) is 4.79 Å². The molecule has 22 heavy (non-hydrogen) atoms. The largest absolute Gasteiger partial charge is 0.459 e. The summed E-state index contributed by atoms with van der Waals surface area (Å²) in [6, 6.07) is 10.8. The van der Waals surface area contributed by atoms with Gasteiger partial charge in [-0.15, -0.1) is 0 Å². The Morgan fingerprint density at radius 3 is 2.55 bits per heavy atom. The van der Waals surface area contributed by atoms with Crippen LogP contribution in [0.3, 0.4) is 0 Å². The molecule has 3 rings (SSSR count). The lowest BCUT2D eigenvalue weighted by molar-refractivity contribution is -0.225. The number of carbonyl (C=O) groups excluding carboxylic acids is 1. The van der Waals surface area contributed by atoms with Gasteiger partial charge in [0.2, 0.25) is 0 Å². The molecule has 1 saturated heterocycles. The number of nitrogens with one attached hydrogen (secondary N) is 1. The summed E-state index contributed by atoms with van der Waals surface area (Å²) >= 11 is 0. The third-order valence-electron chi connectivity index (χ3n) is 3.46. The maximum absolute atomic E-state index is 12.1. The molecule has 1 aromatic carbocycles. The van der Waals surface area contributed by atoms with Crippen LogP contribution in [0.5, 0.6) is 0 Å². The molecule has 1 N–H and O–H groups in total. The molecule has 2 heterocycles. The van der Waals surface area contributed by atoms with E-state index in [4.69, 9.17) is 13.9 Å². The van der Waals surface area contributed by atoms with Crippen LogP contribution in [0.15, 0.2) is 47.1 Å². The molecule has 1 fully saturated rings. The molecule has 116 valence electrons. The molecule has 2 aromatic rings. The van der Waals surface area contributed by atoms with Gasteiger partial charge in [0, 0.05) is 16.7 Å². The minimum absolute atomic E-state index is 0.00284. The molecule has 0 unspecified atom stereocenters. The lowest BCUT2D eigenvalue weighted by Crippen LogP contribution is -2.34. The third-order valence-corrected chi connectivity index (χ3v) is 3.46. The van der Waals surface area contributed by atoms with Crippen LogP contribution in [0.4, 0.5) is 5.69 Å². The van der Waals surface area contributed by atoms with E-state index in [0.29, 0.717) is 18.9 Å². The van der Waals surface area contributed by atoms with Crippen molar-refractivity contribution in [2.75, 3.05) is 18.5 Å². The zero-order chi connectivity index (χ0) is 15.6. The number of rotatable bonds is 3. The van der Waals surface area contributed by atoms with E-state index >= 15 is 0 Å². The van der Waals surface area contributed by atoms with Gasteiger partial charge in [0.25, 0.3) is 5.91 Å². The molecule has 0 radical (unpaired) electrons. The molecule has 1 aliphatic rings. The monoisotopic (exact) mass is 301 g/mol. The number of ether oxygens (including phenoxy) is 2. The number of furan rings is 1. The van der Waals surface area contributed by atoms with E-state index in [9.17, 15) is 4.79 Å². The van der Waals surface area contributed by atoms with Crippen LogP contribution in [0.25, 0.3) is 0 Å². The minimum Gasteiger partial charge on any atom is -0.459 e. The predicted octanol–water partition coefficient (Wildman–Crippen LogP) is 3.60. The summed E-state index contributed by atoms with van der Waals surface area (Å²) in [6.45, 7) is 5.40. The summed E-state index contributed by atoms with van der Waals surface area (Å²) in [6.07, 6.45) is 0.997. The van der Waals surface area contributed by atoms with Gasteiger partial charge in [0.1, 0.15) is 0 Å². The molecule has 5 heteroatoms. The molecular weight excluding hydrogens is 282 g/mol. The van der Waals surface area contributed by atoms with Gasteiger partial charge in [-0.1, -0.05) is 32.0 Å². The lowest BCUT2D eigenvalue weighted by atomic mass is 9.95. The topological polar surface area (TPSA) is 60.7 Å². The fourth-order valence-electron chi connectivity index (χ4n) is 2.28. The van der Waals surface area contributed by atoms with Crippen LogP contribution < -0.4 is 5.32 Å². The van der Waals surface area contributed by atoms with Gasteiger partial charge in [-0.05, 0) is 18.2 Å². The van der Waals surface area contributed by atoms with Gasteiger partial charge in [-0.2, -0.15) is 0 Å². The van der Waals surface area contributed by atoms with E-state index in [-0.39, 0.29) is 17.1 Å². The van der Waals surface area contributed by atoms with Crippen LogP contribution in [-0.2, 0) is 9.47 Å². The summed E-state index contributed by atoms with van der Waals surface area (Å²) in [4.78, 5) is 12.1. The van der Waals surface area contributed by atoms with Crippen LogP contribution in [0.2, 0.25) is 0 Å². The number of para-hydroxylation sites is 1. The highest BCUT2D eigenvalue weighted by atomic mass is 16.7. The Labute approximate surface area is 129 Å². The first-order valence-corrected chi connectivity index (χ1v) is 7.22. The molecule has 1 amide bonds. The first-order chi connectivity index (χ1) is 10.6. The first-order valence-electron chi connectivity index (χ1n) is 7.22. The summed E-state index contributed by atoms with van der Waals surface area (Å²) in [7, 11) is 0. The Balaban J connectivity index is 1.77. The fraction of sp³-hybridized carbons (Fsp3) is 0.353. The maximum atomic E-state index is 12.1. The third kappa shape index (κ3) is 3.21. The molecule has 1 aromatic heterocycles. The predicted molar refractivity (Wildman–Crippen MR) is 81.5 cm³/mol. The van der Waals surface area contributed by atoms with Gasteiger partial charge < -0.3 is 19.2 Å². The van der Waals surface area contributed by atoms with Crippen LogP contribution in [-0.4, -0.2) is 19.1 Å². The summed E-state index contributed by atoms with van der Waals surface area (Å²) < 4.78 is 16.7. The van der Waals surface area contributed by atoms with E-state index in [1.54, 1.807) is 12.1 Å². The molecule has 1 aliphatic heterocycles. The molecular formula is C17H19NO4. The quantitative estimate of drug-likeness (QED) is 0.941. The number of amides is 1. The van der Waals surface area contributed by atoms with Gasteiger partial charge in [0.05, 0.1) is 19.5 Å². The van der Waals surface area contributed by atoms with Crippen molar-refractivity contribution >= 4 is 11.6 Å². The van der Waals surface area contributed by atoms with E-state index < -0.39 is 6.29 Å². The maximum Gasteiger partial charge on any atom is 0.291 e. The second kappa shape index (κ2) is 5.94. The Kier molecular flexibility index (Phi) is 4.00. The van der Waals surface area contributed by atoms with Crippen molar-refractivity contribution < 1.29 is 18.7 Å². The SMILES string of the molecule is CC1(C)COC(c2ccccc2NC(=O)c2ccco2)OC1. The highest BCUT2D eigenvalue weighted by molar-refractivity contribution is 6.02. The summed E-state index contributed by atoms with van der Waals surface area (Å²) in [5.41, 5.74) is 1.47. The van der Waals surface area contributed by atoms with Crippen molar-refractivity contribution in [3.8, 4) is 0 Å². The van der Waals surface area contributed by atoms with Crippen LogP contribution in [0.1, 0.15) is 36.3 Å². The number of hydrogen-bond donors (Lipinski definition) is 1. The van der Waals surface area contributed by atoms with Crippen LogP contribution in [0, 0.1) is 5.41 Å². The van der Waals surface area contributed by atoms with E-state index in [2.05, 4.69) is 19.2 Å². The molecule has 0 saturated carbocycles. The first kappa shape index (κ1) is 14.8. The average Bonchev–Trinajstić information content (AvgIpc) is 3.02. The minimum atomic E-state index is -0.471. The number of carbonyl (C=O) groups is 1. The van der Waals surface area contributed by atoms with E-state index in [0.717, 1.165) is 5.56 Å². The number of anilines is 1. The Morgan fingerprint density at radius 2 is 1.86 bits per heavy atom. The van der Waals surface area contributed by atoms with Crippen molar-refractivity contribution in [1.29, 1.82) is 0 Å². The average molecular weight is 301 g/mol. The van der Waals surface area contributed by atoms with Crippen molar-refractivity contribution in [1.82, 2.24) is 0 Å². The highest BCUT2D eigenvalue weighted by Crippen LogP contribution is 2.34. The zero-order valence-corrected chi connectivity index (χ0v) is 12.7. The second-order valence-electron chi connectivity index (χ2n) is 6.14. The molecule has 0 spiro atoms. The van der Waals surface area contributed by atoms with Crippen molar-refractivity contribution in [2.24, 2.45) is 5.41 Å². The zero-order valence-electron chi connectivity index (χ0n) is 12.7. The number of hydrogen-bond acceptors (Lipinski definition) is 4. The fourth-order valence-corrected chi connectivity index (χ4v) is 2.28.